The highest BCUT2D eigenvalue weighted by Crippen LogP contribution is 2.19. The maximum Gasteiger partial charge on any atom is 0.274 e. The monoisotopic (exact) mass is 392 g/mol. The molecular formula is C21H24N6O2. The zero-order valence-corrected chi connectivity index (χ0v) is 16.6. The zero-order valence-electron chi connectivity index (χ0n) is 16.6. The minimum absolute atomic E-state index is 0.0872. The Bertz CT molecular complexity index is 1050. The minimum atomic E-state index is -0.140. The number of hydrogen-bond donors (Lipinski definition) is 1. The number of nitrogens with one attached hydrogen (secondary N) is 1. The SMILES string of the molecule is Cc1cc(C)n2nc(C(=O)N3CCC[C@H](CNC(=O)c4cccnc4)C3)cc2n1. The van der Waals surface area contributed by atoms with Gasteiger partial charge in [0.05, 0.1) is 5.56 Å². The number of rotatable bonds is 4. The van der Waals surface area contributed by atoms with E-state index >= 15 is 0 Å². The molecule has 0 aromatic carbocycles. The number of nitrogens with zero attached hydrogens (tertiary/aromatic N) is 5. The van der Waals surface area contributed by atoms with Gasteiger partial charge in [-0.2, -0.15) is 5.10 Å². The molecule has 0 radical (unpaired) electrons. The van der Waals surface area contributed by atoms with Crippen LogP contribution in [-0.4, -0.2) is 55.9 Å². The Hall–Kier alpha value is -3.29. The van der Waals surface area contributed by atoms with E-state index in [9.17, 15) is 9.59 Å². The molecule has 0 spiro atoms. The normalized spacial score (nSPS) is 16.8. The molecule has 8 heteroatoms. The quantitative estimate of drug-likeness (QED) is 0.733. The predicted octanol–water partition coefficient (Wildman–Crippen LogP) is 2.02. The number of aryl methyl sites for hydroxylation is 2. The smallest absolute Gasteiger partial charge is 0.274 e. The Labute approximate surface area is 169 Å². The summed E-state index contributed by atoms with van der Waals surface area (Å²) in [5.74, 6) is -0.0119. The topological polar surface area (TPSA) is 92.5 Å². The Morgan fingerprint density at radius 1 is 1.28 bits per heavy atom. The second-order valence-corrected chi connectivity index (χ2v) is 7.55. The molecule has 1 N–H and O–H groups in total. The molecule has 1 fully saturated rings. The van der Waals surface area contributed by atoms with Crippen molar-refractivity contribution in [2.75, 3.05) is 19.6 Å². The Morgan fingerprint density at radius 3 is 2.93 bits per heavy atom. The molecule has 4 heterocycles. The zero-order chi connectivity index (χ0) is 20.4. The van der Waals surface area contributed by atoms with Crippen LogP contribution in [0.2, 0.25) is 0 Å². The third-order valence-corrected chi connectivity index (χ3v) is 5.23. The fourth-order valence-corrected chi connectivity index (χ4v) is 3.81. The van der Waals surface area contributed by atoms with Crippen LogP contribution in [0.3, 0.4) is 0 Å². The Kier molecular flexibility index (Phi) is 5.24. The van der Waals surface area contributed by atoms with Crippen LogP contribution in [0.15, 0.2) is 36.7 Å². The van der Waals surface area contributed by atoms with E-state index in [-0.39, 0.29) is 17.7 Å². The van der Waals surface area contributed by atoms with E-state index in [1.54, 1.807) is 35.1 Å². The first-order valence-electron chi connectivity index (χ1n) is 9.83. The van der Waals surface area contributed by atoms with Crippen LogP contribution in [0.1, 0.15) is 45.1 Å². The molecule has 3 aromatic heterocycles. The van der Waals surface area contributed by atoms with Crippen LogP contribution in [0, 0.1) is 19.8 Å². The van der Waals surface area contributed by atoms with Crippen molar-refractivity contribution in [3.63, 3.8) is 0 Å². The van der Waals surface area contributed by atoms with E-state index in [1.807, 2.05) is 24.8 Å². The third kappa shape index (κ3) is 4.11. The van der Waals surface area contributed by atoms with Crippen molar-refractivity contribution in [3.05, 3.63) is 59.3 Å². The second-order valence-electron chi connectivity index (χ2n) is 7.55. The van der Waals surface area contributed by atoms with Crippen molar-refractivity contribution < 1.29 is 9.59 Å². The number of fused-ring (bicyclic) bond motifs is 1. The summed E-state index contributed by atoms with van der Waals surface area (Å²) in [6.07, 6.45) is 5.07. The fourth-order valence-electron chi connectivity index (χ4n) is 3.81. The molecule has 0 saturated carbocycles. The molecule has 8 nitrogen and oxygen atoms in total. The van der Waals surface area contributed by atoms with Crippen LogP contribution in [-0.2, 0) is 0 Å². The summed E-state index contributed by atoms with van der Waals surface area (Å²) in [7, 11) is 0. The van der Waals surface area contributed by atoms with Gasteiger partial charge in [-0.05, 0) is 50.8 Å². The molecule has 1 atom stereocenters. The van der Waals surface area contributed by atoms with E-state index in [2.05, 4.69) is 20.4 Å². The van der Waals surface area contributed by atoms with Crippen LogP contribution in [0.4, 0.5) is 0 Å². The average Bonchev–Trinajstić information content (AvgIpc) is 3.16. The van der Waals surface area contributed by atoms with E-state index in [0.717, 1.165) is 24.2 Å². The van der Waals surface area contributed by atoms with Gasteiger partial charge in [-0.3, -0.25) is 14.6 Å². The number of likely N-dealkylation sites (tertiary alicyclic amines) is 1. The van der Waals surface area contributed by atoms with Gasteiger partial charge < -0.3 is 10.2 Å². The summed E-state index contributed by atoms with van der Waals surface area (Å²) in [4.78, 5) is 35.5. The number of carbonyl (C=O) groups is 2. The lowest BCUT2D eigenvalue weighted by atomic mass is 9.97. The number of pyridine rings is 1. The van der Waals surface area contributed by atoms with Crippen molar-refractivity contribution in [2.45, 2.75) is 26.7 Å². The molecule has 150 valence electrons. The van der Waals surface area contributed by atoms with E-state index in [4.69, 9.17) is 0 Å². The first kappa shape index (κ1) is 19.0. The molecule has 29 heavy (non-hydrogen) atoms. The molecule has 0 bridgehead atoms. The summed E-state index contributed by atoms with van der Waals surface area (Å²) in [5.41, 5.74) is 3.48. The van der Waals surface area contributed by atoms with Gasteiger partial charge in [0.2, 0.25) is 0 Å². The summed E-state index contributed by atoms with van der Waals surface area (Å²) < 4.78 is 1.70. The van der Waals surface area contributed by atoms with Gasteiger partial charge >= 0.3 is 0 Å². The first-order valence-corrected chi connectivity index (χ1v) is 9.83. The number of piperidine rings is 1. The standard InChI is InChI=1S/C21H24N6O2/c1-14-9-15(2)27-19(24-14)10-18(25-27)21(29)26-8-4-5-16(13-26)11-23-20(28)17-6-3-7-22-12-17/h3,6-7,9-10,12,16H,4-5,8,11,13H2,1-2H3,(H,23,28)/t16-/m1/s1. The average molecular weight is 392 g/mol. The number of aromatic nitrogens is 4. The highest BCUT2D eigenvalue weighted by molar-refractivity contribution is 5.94. The van der Waals surface area contributed by atoms with Gasteiger partial charge in [0.25, 0.3) is 11.8 Å². The maximum absolute atomic E-state index is 13.0. The van der Waals surface area contributed by atoms with Gasteiger partial charge in [0.15, 0.2) is 11.3 Å². The van der Waals surface area contributed by atoms with E-state index in [1.165, 1.54) is 0 Å². The fraction of sp³-hybridized carbons (Fsp3) is 0.381. The van der Waals surface area contributed by atoms with Crippen LogP contribution >= 0.6 is 0 Å². The van der Waals surface area contributed by atoms with Crippen LogP contribution in [0.5, 0.6) is 0 Å². The summed E-state index contributed by atoms with van der Waals surface area (Å²) in [6, 6.07) is 7.16. The lowest BCUT2D eigenvalue weighted by Crippen LogP contribution is -2.43. The predicted molar refractivity (Wildman–Crippen MR) is 108 cm³/mol. The highest BCUT2D eigenvalue weighted by Gasteiger charge is 2.26. The van der Waals surface area contributed by atoms with E-state index in [0.29, 0.717) is 36.5 Å². The van der Waals surface area contributed by atoms with Gasteiger partial charge in [-0.1, -0.05) is 0 Å². The minimum Gasteiger partial charge on any atom is -0.352 e. The molecule has 1 saturated heterocycles. The summed E-state index contributed by atoms with van der Waals surface area (Å²) in [5, 5.41) is 7.41. The number of carbonyl (C=O) groups excluding carboxylic acids is 2. The second kappa shape index (κ2) is 7.98. The highest BCUT2D eigenvalue weighted by atomic mass is 16.2. The Morgan fingerprint density at radius 2 is 2.14 bits per heavy atom. The maximum atomic E-state index is 13.0. The van der Waals surface area contributed by atoms with E-state index < -0.39 is 0 Å². The molecule has 0 unspecified atom stereocenters. The van der Waals surface area contributed by atoms with Crippen molar-refractivity contribution in [1.82, 2.24) is 29.8 Å². The number of amides is 2. The molecule has 2 amide bonds. The van der Waals surface area contributed by atoms with Crippen molar-refractivity contribution in [1.29, 1.82) is 0 Å². The molecule has 1 aliphatic rings. The largest absolute Gasteiger partial charge is 0.352 e. The van der Waals surface area contributed by atoms with Crippen molar-refractivity contribution in [2.24, 2.45) is 5.92 Å². The van der Waals surface area contributed by atoms with Gasteiger partial charge in [-0.25, -0.2) is 9.50 Å². The third-order valence-electron chi connectivity index (χ3n) is 5.23. The van der Waals surface area contributed by atoms with Crippen LogP contribution < -0.4 is 5.32 Å². The van der Waals surface area contributed by atoms with Gasteiger partial charge in [0.1, 0.15) is 0 Å². The summed E-state index contributed by atoms with van der Waals surface area (Å²) in [6.45, 7) is 5.71. The molecule has 1 aliphatic heterocycles. The van der Waals surface area contributed by atoms with Crippen LogP contribution in [0.25, 0.3) is 5.65 Å². The van der Waals surface area contributed by atoms with Gasteiger partial charge in [0, 0.05) is 49.5 Å². The lowest BCUT2D eigenvalue weighted by molar-refractivity contribution is 0.0664. The number of hydrogen-bond acceptors (Lipinski definition) is 5. The Balaban J connectivity index is 1.41. The van der Waals surface area contributed by atoms with Gasteiger partial charge in [-0.15, -0.1) is 0 Å². The molecule has 0 aliphatic carbocycles. The van der Waals surface area contributed by atoms with Crippen molar-refractivity contribution in [3.8, 4) is 0 Å². The van der Waals surface area contributed by atoms with Crippen molar-refractivity contribution >= 4 is 17.5 Å². The first-order chi connectivity index (χ1) is 14.0. The molecule has 3 aromatic rings. The molecule has 4 rings (SSSR count). The molecular weight excluding hydrogens is 368 g/mol. The summed E-state index contributed by atoms with van der Waals surface area (Å²) >= 11 is 0. The lowest BCUT2D eigenvalue weighted by Gasteiger charge is -2.32.